The first kappa shape index (κ1) is 17.1. The summed E-state index contributed by atoms with van der Waals surface area (Å²) >= 11 is 7.06. The highest BCUT2D eigenvalue weighted by Gasteiger charge is 2.10. The largest absolute Gasteiger partial charge is 0.508 e. The molecular formula is C17H13ClN4O2S. The number of Topliss-reactive ketones (excluding diaryl/α,β-unsaturated/α-hetero) is 1. The Hall–Kier alpha value is -2.77. The zero-order valence-corrected chi connectivity index (χ0v) is 14.7. The van der Waals surface area contributed by atoms with Crippen LogP contribution in [-0.4, -0.2) is 26.9 Å². The van der Waals surface area contributed by atoms with Crippen molar-refractivity contribution in [3.05, 3.63) is 68.9 Å². The lowest BCUT2D eigenvalue weighted by Crippen LogP contribution is -2.13. The van der Waals surface area contributed by atoms with Crippen molar-refractivity contribution in [3.63, 3.8) is 0 Å². The van der Waals surface area contributed by atoms with Gasteiger partial charge in [-0.3, -0.25) is 4.79 Å². The maximum absolute atomic E-state index is 11.6. The summed E-state index contributed by atoms with van der Waals surface area (Å²) in [5.74, 6) is 0.0416. The van der Waals surface area contributed by atoms with Gasteiger partial charge in [-0.25, -0.2) is 4.68 Å². The van der Waals surface area contributed by atoms with Gasteiger partial charge in [-0.2, -0.15) is 10.2 Å². The fourth-order valence-corrected chi connectivity index (χ4v) is 2.83. The second-order valence-corrected chi connectivity index (χ2v) is 6.46. The Balaban J connectivity index is 2.00. The number of benzene rings is 2. The van der Waals surface area contributed by atoms with Gasteiger partial charge >= 0.3 is 0 Å². The molecule has 0 radical (unpaired) electrons. The maximum atomic E-state index is 11.6. The van der Waals surface area contributed by atoms with E-state index in [1.54, 1.807) is 59.4 Å². The minimum absolute atomic E-state index is 0.142. The molecule has 3 aromatic rings. The highest BCUT2D eigenvalue weighted by molar-refractivity contribution is 7.10. The van der Waals surface area contributed by atoms with Crippen molar-refractivity contribution in [2.75, 3.05) is 0 Å². The highest BCUT2D eigenvalue weighted by atomic mass is 35.5. The third kappa shape index (κ3) is 4.20. The zero-order valence-electron chi connectivity index (χ0n) is 13.1. The number of nitrogens with zero attached hydrogens (tertiary/aromatic N) is 4. The Morgan fingerprint density at radius 1 is 1.20 bits per heavy atom. The molecule has 0 saturated carbocycles. The van der Waals surface area contributed by atoms with E-state index < -0.39 is 0 Å². The average molecular weight is 373 g/mol. The number of halogens is 1. The zero-order chi connectivity index (χ0) is 17.8. The minimum Gasteiger partial charge on any atom is -0.508 e. The topological polar surface area (TPSA) is 79.8 Å². The van der Waals surface area contributed by atoms with Crippen LogP contribution in [0, 0.1) is 0 Å². The van der Waals surface area contributed by atoms with Crippen LogP contribution in [0.3, 0.4) is 0 Å². The lowest BCUT2D eigenvalue weighted by molar-refractivity contribution is 0.101. The molecule has 0 spiro atoms. The molecule has 6 nitrogen and oxygen atoms in total. The van der Waals surface area contributed by atoms with Gasteiger partial charge in [0.25, 0.3) is 0 Å². The molecule has 0 fully saturated rings. The molecule has 25 heavy (non-hydrogen) atoms. The Labute approximate surface area is 152 Å². The van der Waals surface area contributed by atoms with Crippen molar-refractivity contribution in [1.29, 1.82) is 0 Å². The summed E-state index contributed by atoms with van der Waals surface area (Å²) in [5.41, 5.74) is 1.52. The van der Waals surface area contributed by atoms with Gasteiger partial charge in [0.2, 0.25) is 4.80 Å². The van der Waals surface area contributed by atoms with Crippen LogP contribution in [0.2, 0.25) is 5.02 Å². The standard InChI is InChI=1S/C17H13ClN4O2S/c1-11(23)16-21-22(14-6-4-13(18)5-7-14)17(25-16)20-19-10-12-2-8-15(24)9-3-12/h2-10,24H,1H3/b19-10-,20-17+. The van der Waals surface area contributed by atoms with Crippen molar-refractivity contribution in [3.8, 4) is 11.4 Å². The van der Waals surface area contributed by atoms with Crippen molar-refractivity contribution in [1.82, 2.24) is 9.78 Å². The molecule has 8 heteroatoms. The van der Waals surface area contributed by atoms with Gasteiger partial charge < -0.3 is 5.11 Å². The molecule has 0 bridgehead atoms. The molecule has 2 aromatic carbocycles. The second-order valence-electron chi connectivity index (χ2n) is 5.07. The average Bonchev–Trinajstić information content (AvgIpc) is 3.02. The Morgan fingerprint density at radius 3 is 2.52 bits per heavy atom. The van der Waals surface area contributed by atoms with E-state index in [0.29, 0.717) is 14.8 Å². The fourth-order valence-electron chi connectivity index (χ4n) is 1.94. The van der Waals surface area contributed by atoms with E-state index in [4.69, 9.17) is 11.6 Å². The number of ketones is 1. The van der Waals surface area contributed by atoms with E-state index in [1.807, 2.05) is 0 Å². The van der Waals surface area contributed by atoms with Crippen LogP contribution < -0.4 is 4.80 Å². The number of carbonyl (C=O) groups excluding carboxylic acids is 1. The smallest absolute Gasteiger partial charge is 0.233 e. The summed E-state index contributed by atoms with van der Waals surface area (Å²) in [6.45, 7) is 1.45. The molecule has 126 valence electrons. The summed E-state index contributed by atoms with van der Waals surface area (Å²) in [5, 5.41) is 22.7. The van der Waals surface area contributed by atoms with E-state index in [1.165, 1.54) is 6.92 Å². The lowest BCUT2D eigenvalue weighted by Gasteiger charge is -2.00. The molecule has 0 saturated heterocycles. The fraction of sp³-hybridized carbons (Fsp3) is 0.0588. The molecule has 0 atom stereocenters. The summed E-state index contributed by atoms with van der Waals surface area (Å²) in [6, 6.07) is 13.6. The number of carbonyl (C=O) groups is 1. The number of aromatic nitrogens is 2. The van der Waals surface area contributed by atoms with Crippen LogP contribution in [0.5, 0.6) is 5.75 Å². The van der Waals surface area contributed by atoms with Crippen LogP contribution in [0.15, 0.2) is 58.7 Å². The van der Waals surface area contributed by atoms with Crippen molar-refractivity contribution < 1.29 is 9.90 Å². The first-order valence-corrected chi connectivity index (χ1v) is 8.45. The van der Waals surface area contributed by atoms with E-state index >= 15 is 0 Å². The highest BCUT2D eigenvalue weighted by Crippen LogP contribution is 2.13. The van der Waals surface area contributed by atoms with Crippen LogP contribution in [0.25, 0.3) is 5.69 Å². The molecule has 0 aliphatic rings. The van der Waals surface area contributed by atoms with Crippen molar-refractivity contribution in [2.45, 2.75) is 6.92 Å². The van der Waals surface area contributed by atoms with Crippen LogP contribution in [0.1, 0.15) is 22.3 Å². The third-order valence-corrected chi connectivity index (χ3v) is 4.43. The molecule has 0 amide bonds. The van der Waals surface area contributed by atoms with Gasteiger partial charge in [0.15, 0.2) is 10.8 Å². The lowest BCUT2D eigenvalue weighted by atomic mass is 10.2. The number of phenolic OH excluding ortho intramolecular Hbond substituents is 1. The first-order chi connectivity index (χ1) is 12.0. The molecule has 1 aromatic heterocycles. The number of rotatable bonds is 4. The summed E-state index contributed by atoms with van der Waals surface area (Å²) < 4.78 is 1.55. The van der Waals surface area contributed by atoms with Gasteiger partial charge in [-0.05, 0) is 54.1 Å². The quantitative estimate of drug-likeness (QED) is 0.433. The van der Waals surface area contributed by atoms with Crippen LogP contribution in [-0.2, 0) is 0 Å². The molecule has 0 aliphatic heterocycles. The number of aromatic hydroxyl groups is 1. The number of hydrogen-bond acceptors (Lipinski definition) is 6. The monoisotopic (exact) mass is 372 g/mol. The molecular weight excluding hydrogens is 360 g/mol. The Kier molecular flexibility index (Phi) is 5.06. The van der Waals surface area contributed by atoms with Gasteiger partial charge in [0.05, 0.1) is 11.9 Å². The van der Waals surface area contributed by atoms with E-state index in [2.05, 4.69) is 15.3 Å². The molecule has 0 unspecified atom stereocenters. The SMILES string of the molecule is CC(=O)c1nn(-c2ccc(Cl)cc2)/c(=N\N=C/c2ccc(O)cc2)s1. The van der Waals surface area contributed by atoms with Gasteiger partial charge in [0, 0.05) is 11.9 Å². The predicted octanol–water partition coefficient (Wildman–Crippen LogP) is 3.43. The summed E-state index contributed by atoms with van der Waals surface area (Å²) in [4.78, 5) is 12.1. The Bertz CT molecular complexity index is 989. The molecule has 1 heterocycles. The van der Waals surface area contributed by atoms with Gasteiger partial charge in [0.1, 0.15) is 5.75 Å². The van der Waals surface area contributed by atoms with Crippen LogP contribution in [0.4, 0.5) is 0 Å². The summed E-state index contributed by atoms with van der Waals surface area (Å²) in [7, 11) is 0. The van der Waals surface area contributed by atoms with Crippen molar-refractivity contribution >= 4 is 34.9 Å². The van der Waals surface area contributed by atoms with Crippen LogP contribution >= 0.6 is 22.9 Å². The van der Waals surface area contributed by atoms with Gasteiger partial charge in [-0.1, -0.05) is 22.9 Å². The van der Waals surface area contributed by atoms with Gasteiger partial charge in [-0.15, -0.1) is 5.10 Å². The molecule has 1 N–H and O–H groups in total. The third-order valence-electron chi connectivity index (χ3n) is 3.18. The predicted molar refractivity (Wildman–Crippen MR) is 97.7 cm³/mol. The van der Waals surface area contributed by atoms with Crippen molar-refractivity contribution in [2.24, 2.45) is 10.2 Å². The maximum Gasteiger partial charge on any atom is 0.233 e. The number of hydrogen-bond donors (Lipinski definition) is 1. The second kappa shape index (κ2) is 7.42. The minimum atomic E-state index is -0.142. The molecule has 3 rings (SSSR count). The van der Waals surface area contributed by atoms with E-state index in [-0.39, 0.29) is 11.5 Å². The normalized spacial score (nSPS) is 12.0. The molecule has 0 aliphatic carbocycles. The number of phenols is 1. The summed E-state index contributed by atoms with van der Waals surface area (Å²) in [6.07, 6.45) is 1.55. The van der Waals surface area contributed by atoms with E-state index in [0.717, 1.165) is 22.6 Å². The van der Waals surface area contributed by atoms with E-state index in [9.17, 15) is 9.90 Å². The first-order valence-electron chi connectivity index (χ1n) is 7.26. The Morgan fingerprint density at radius 2 is 1.88 bits per heavy atom.